The molecule has 1 aliphatic heterocycles. The van der Waals surface area contributed by atoms with Crippen molar-refractivity contribution in [2.24, 2.45) is 0 Å². The van der Waals surface area contributed by atoms with Gasteiger partial charge in [0.15, 0.2) is 0 Å². The maximum atomic E-state index is 5.60. The molecule has 12 heavy (non-hydrogen) atoms. The highest BCUT2D eigenvalue weighted by Gasteiger charge is 2.14. The van der Waals surface area contributed by atoms with Crippen LogP contribution in [0.5, 0.6) is 0 Å². The van der Waals surface area contributed by atoms with Gasteiger partial charge in [0.05, 0.1) is 0 Å². The molecular formula is C9H17ClN2. The Bertz CT molecular complexity index is 168. The minimum atomic E-state index is 0.613. The largest absolute Gasteiger partial charge is 0.312 e. The summed E-state index contributed by atoms with van der Waals surface area (Å²) in [6.07, 6.45) is 0. The summed E-state index contributed by atoms with van der Waals surface area (Å²) in [7, 11) is 0. The van der Waals surface area contributed by atoms with Crippen LogP contribution in [0.1, 0.15) is 13.8 Å². The van der Waals surface area contributed by atoms with E-state index in [4.69, 9.17) is 11.6 Å². The van der Waals surface area contributed by atoms with Gasteiger partial charge >= 0.3 is 0 Å². The van der Waals surface area contributed by atoms with Gasteiger partial charge in [-0.3, -0.25) is 4.90 Å². The fourth-order valence-electron chi connectivity index (χ4n) is 1.54. The van der Waals surface area contributed by atoms with E-state index in [1.54, 1.807) is 5.54 Å². The number of hydrogen-bond acceptors (Lipinski definition) is 2. The summed E-state index contributed by atoms with van der Waals surface area (Å²) in [5.41, 5.74) is 2.91. The van der Waals surface area contributed by atoms with Crippen LogP contribution < -0.4 is 5.32 Å². The van der Waals surface area contributed by atoms with Gasteiger partial charge in [-0.2, -0.15) is 0 Å². The molecule has 0 spiro atoms. The van der Waals surface area contributed by atoms with E-state index in [-0.39, 0.29) is 0 Å². The zero-order valence-electron chi connectivity index (χ0n) is 7.81. The van der Waals surface area contributed by atoms with Crippen LogP contribution in [-0.2, 0) is 0 Å². The first kappa shape index (κ1) is 10.0. The van der Waals surface area contributed by atoms with Gasteiger partial charge in [0.25, 0.3) is 0 Å². The van der Waals surface area contributed by atoms with Crippen molar-refractivity contribution in [3.8, 4) is 0 Å². The van der Waals surface area contributed by atoms with E-state index in [1.165, 1.54) is 5.57 Å². The van der Waals surface area contributed by atoms with Crippen LogP contribution in [0.4, 0.5) is 0 Å². The summed E-state index contributed by atoms with van der Waals surface area (Å²) in [6, 6.07) is 0.613. The molecule has 1 atom stereocenters. The molecule has 0 radical (unpaired) electrons. The summed E-state index contributed by atoms with van der Waals surface area (Å²) in [5.74, 6) is 0. The Morgan fingerprint density at radius 3 is 3.08 bits per heavy atom. The summed E-state index contributed by atoms with van der Waals surface area (Å²) in [4.78, 5) is 2.43. The monoisotopic (exact) mass is 188 g/mol. The standard InChI is InChI=1S/C9H17ClN2/c1-8(5-10)6-12-4-3-11-9(2)7-12/h5,9,11H,3-4,6-7H2,1-2H3/t9-/m0/s1. The van der Waals surface area contributed by atoms with Gasteiger partial charge in [0, 0.05) is 37.8 Å². The van der Waals surface area contributed by atoms with Crippen LogP contribution in [0.3, 0.4) is 0 Å². The number of halogens is 1. The molecule has 2 nitrogen and oxygen atoms in total. The molecule has 1 N–H and O–H groups in total. The van der Waals surface area contributed by atoms with E-state index in [0.29, 0.717) is 6.04 Å². The van der Waals surface area contributed by atoms with Crippen molar-refractivity contribution < 1.29 is 0 Å². The van der Waals surface area contributed by atoms with Crippen LogP contribution >= 0.6 is 11.6 Å². The van der Waals surface area contributed by atoms with Crippen molar-refractivity contribution in [2.45, 2.75) is 19.9 Å². The van der Waals surface area contributed by atoms with Crippen molar-refractivity contribution in [2.75, 3.05) is 26.2 Å². The number of piperazine rings is 1. The first-order valence-corrected chi connectivity index (χ1v) is 4.87. The van der Waals surface area contributed by atoms with Crippen LogP contribution in [0, 0.1) is 0 Å². The second-order valence-corrected chi connectivity index (χ2v) is 3.76. The molecular weight excluding hydrogens is 172 g/mol. The van der Waals surface area contributed by atoms with Crippen molar-refractivity contribution in [1.82, 2.24) is 10.2 Å². The molecule has 0 aromatic rings. The predicted octanol–water partition coefficient (Wildman–Crippen LogP) is 1.42. The Morgan fingerprint density at radius 2 is 2.50 bits per heavy atom. The predicted molar refractivity (Wildman–Crippen MR) is 53.5 cm³/mol. The van der Waals surface area contributed by atoms with E-state index in [0.717, 1.165) is 26.2 Å². The highest BCUT2D eigenvalue weighted by molar-refractivity contribution is 6.25. The lowest BCUT2D eigenvalue weighted by Gasteiger charge is -2.31. The molecule has 1 rings (SSSR count). The number of nitrogens with one attached hydrogen (secondary N) is 1. The smallest absolute Gasteiger partial charge is 0.0203 e. The molecule has 0 aromatic carbocycles. The lowest BCUT2D eigenvalue weighted by atomic mass is 10.2. The zero-order valence-corrected chi connectivity index (χ0v) is 8.56. The van der Waals surface area contributed by atoms with E-state index in [9.17, 15) is 0 Å². The average Bonchev–Trinajstić information content (AvgIpc) is 2.04. The molecule has 0 bridgehead atoms. The van der Waals surface area contributed by atoms with E-state index < -0.39 is 0 Å². The summed E-state index contributed by atoms with van der Waals surface area (Å²) < 4.78 is 0. The molecule has 0 saturated carbocycles. The van der Waals surface area contributed by atoms with Crippen LogP contribution in [0.25, 0.3) is 0 Å². The Morgan fingerprint density at radius 1 is 1.75 bits per heavy atom. The number of hydrogen-bond donors (Lipinski definition) is 1. The normalized spacial score (nSPS) is 27.6. The average molecular weight is 189 g/mol. The molecule has 3 heteroatoms. The topological polar surface area (TPSA) is 15.3 Å². The zero-order chi connectivity index (χ0) is 8.97. The fourth-order valence-corrected chi connectivity index (χ4v) is 1.61. The minimum Gasteiger partial charge on any atom is -0.312 e. The quantitative estimate of drug-likeness (QED) is 0.706. The van der Waals surface area contributed by atoms with Crippen LogP contribution in [0.2, 0.25) is 0 Å². The van der Waals surface area contributed by atoms with Gasteiger partial charge in [-0.15, -0.1) is 0 Å². The second-order valence-electron chi connectivity index (χ2n) is 3.55. The third-order valence-corrected chi connectivity index (χ3v) is 2.48. The minimum absolute atomic E-state index is 0.613. The Balaban J connectivity index is 2.32. The molecule has 0 aliphatic carbocycles. The second kappa shape index (κ2) is 4.85. The van der Waals surface area contributed by atoms with Crippen molar-refractivity contribution in [3.63, 3.8) is 0 Å². The lowest BCUT2D eigenvalue weighted by molar-refractivity contribution is 0.222. The summed E-state index contributed by atoms with van der Waals surface area (Å²) in [5, 5.41) is 3.41. The molecule has 1 fully saturated rings. The van der Waals surface area contributed by atoms with Crippen molar-refractivity contribution in [1.29, 1.82) is 0 Å². The Kier molecular flexibility index (Phi) is 4.06. The van der Waals surface area contributed by atoms with Crippen molar-refractivity contribution >= 4 is 11.6 Å². The van der Waals surface area contributed by atoms with Crippen LogP contribution in [0.15, 0.2) is 11.1 Å². The third kappa shape index (κ3) is 3.13. The van der Waals surface area contributed by atoms with Crippen molar-refractivity contribution in [3.05, 3.63) is 11.1 Å². The maximum Gasteiger partial charge on any atom is 0.0203 e. The lowest BCUT2D eigenvalue weighted by Crippen LogP contribution is -2.49. The summed E-state index contributed by atoms with van der Waals surface area (Å²) >= 11 is 5.60. The first-order chi connectivity index (χ1) is 5.72. The van der Waals surface area contributed by atoms with Gasteiger partial charge in [0.2, 0.25) is 0 Å². The van der Waals surface area contributed by atoms with Gasteiger partial charge in [0.1, 0.15) is 0 Å². The van der Waals surface area contributed by atoms with E-state index in [2.05, 4.69) is 24.1 Å². The highest BCUT2D eigenvalue weighted by Crippen LogP contribution is 2.03. The third-order valence-electron chi connectivity index (χ3n) is 2.11. The Labute approximate surface area is 79.6 Å². The SMILES string of the molecule is CC(=CCl)CN1CCN[C@@H](C)C1. The van der Waals surface area contributed by atoms with E-state index >= 15 is 0 Å². The summed E-state index contributed by atoms with van der Waals surface area (Å²) in [6.45, 7) is 8.65. The maximum absolute atomic E-state index is 5.60. The molecule has 1 heterocycles. The molecule has 1 saturated heterocycles. The highest BCUT2D eigenvalue weighted by atomic mass is 35.5. The first-order valence-electron chi connectivity index (χ1n) is 4.44. The number of nitrogens with zero attached hydrogens (tertiary/aromatic N) is 1. The van der Waals surface area contributed by atoms with Gasteiger partial charge < -0.3 is 5.32 Å². The Hall–Kier alpha value is -0.0500. The van der Waals surface area contributed by atoms with E-state index in [1.807, 2.05) is 0 Å². The van der Waals surface area contributed by atoms with Gasteiger partial charge in [-0.05, 0) is 19.4 Å². The van der Waals surface area contributed by atoms with Crippen LogP contribution in [-0.4, -0.2) is 37.1 Å². The molecule has 0 aromatic heterocycles. The molecule has 70 valence electrons. The molecule has 0 amide bonds. The fraction of sp³-hybridized carbons (Fsp3) is 0.778. The van der Waals surface area contributed by atoms with Gasteiger partial charge in [-0.1, -0.05) is 11.6 Å². The number of rotatable bonds is 2. The van der Waals surface area contributed by atoms with Gasteiger partial charge in [-0.25, -0.2) is 0 Å². The molecule has 1 aliphatic rings. The molecule has 0 unspecified atom stereocenters.